The van der Waals surface area contributed by atoms with Crippen molar-refractivity contribution in [1.82, 2.24) is 9.97 Å². The molecule has 2 nitrogen and oxygen atoms in total. The summed E-state index contributed by atoms with van der Waals surface area (Å²) in [6.45, 7) is 2.15. The highest BCUT2D eigenvalue weighted by molar-refractivity contribution is 7.22. The standard InChI is InChI=1S/C13H10N2S/c1-9-10-4-2-3-5-12(10)16-13(9)11-6-7-14-8-15-11/h2-8H,1H3. The highest BCUT2D eigenvalue weighted by Gasteiger charge is 2.09. The van der Waals surface area contributed by atoms with E-state index in [2.05, 4.69) is 41.2 Å². The molecule has 0 atom stereocenters. The van der Waals surface area contributed by atoms with E-state index in [1.54, 1.807) is 23.9 Å². The van der Waals surface area contributed by atoms with Gasteiger partial charge in [0.1, 0.15) is 6.33 Å². The Bertz CT molecular complexity index is 629. The number of benzene rings is 1. The van der Waals surface area contributed by atoms with Crippen molar-refractivity contribution in [2.45, 2.75) is 6.92 Å². The lowest BCUT2D eigenvalue weighted by molar-refractivity contribution is 1.17. The summed E-state index contributed by atoms with van der Waals surface area (Å²) in [6.07, 6.45) is 3.38. The van der Waals surface area contributed by atoms with Crippen LogP contribution in [0.2, 0.25) is 0 Å². The van der Waals surface area contributed by atoms with Crippen LogP contribution in [0.1, 0.15) is 5.56 Å². The van der Waals surface area contributed by atoms with Crippen molar-refractivity contribution in [2.75, 3.05) is 0 Å². The van der Waals surface area contributed by atoms with Gasteiger partial charge in [0.15, 0.2) is 0 Å². The average molecular weight is 226 g/mol. The van der Waals surface area contributed by atoms with Crippen molar-refractivity contribution < 1.29 is 0 Å². The van der Waals surface area contributed by atoms with Gasteiger partial charge in [-0.1, -0.05) is 18.2 Å². The van der Waals surface area contributed by atoms with E-state index in [1.165, 1.54) is 20.5 Å². The van der Waals surface area contributed by atoms with Crippen LogP contribution in [-0.2, 0) is 0 Å². The molecule has 0 saturated carbocycles. The molecular formula is C13H10N2S. The van der Waals surface area contributed by atoms with E-state index in [4.69, 9.17) is 0 Å². The number of hydrogen-bond acceptors (Lipinski definition) is 3. The summed E-state index contributed by atoms with van der Waals surface area (Å²) in [4.78, 5) is 9.49. The quantitative estimate of drug-likeness (QED) is 0.632. The first-order chi connectivity index (χ1) is 7.86. The lowest BCUT2D eigenvalue weighted by Crippen LogP contribution is -1.82. The molecule has 3 rings (SSSR count). The maximum Gasteiger partial charge on any atom is 0.116 e. The van der Waals surface area contributed by atoms with Gasteiger partial charge in [-0.3, -0.25) is 0 Å². The van der Waals surface area contributed by atoms with Gasteiger partial charge < -0.3 is 0 Å². The van der Waals surface area contributed by atoms with Gasteiger partial charge in [0.25, 0.3) is 0 Å². The van der Waals surface area contributed by atoms with Crippen LogP contribution in [0.15, 0.2) is 42.9 Å². The molecular weight excluding hydrogens is 216 g/mol. The molecule has 3 aromatic rings. The second kappa shape index (κ2) is 3.68. The monoisotopic (exact) mass is 226 g/mol. The summed E-state index contributed by atoms with van der Waals surface area (Å²) in [5.74, 6) is 0. The predicted octanol–water partition coefficient (Wildman–Crippen LogP) is 3.67. The number of thiophene rings is 1. The van der Waals surface area contributed by atoms with E-state index in [1.807, 2.05) is 6.07 Å². The molecule has 0 bridgehead atoms. The van der Waals surface area contributed by atoms with E-state index in [0.717, 1.165) is 5.69 Å². The predicted molar refractivity (Wildman–Crippen MR) is 67.6 cm³/mol. The molecule has 0 aliphatic carbocycles. The number of hydrogen-bond donors (Lipinski definition) is 0. The average Bonchev–Trinajstić information content (AvgIpc) is 2.69. The van der Waals surface area contributed by atoms with Crippen molar-refractivity contribution in [2.24, 2.45) is 0 Å². The maximum atomic E-state index is 4.30. The molecule has 2 aromatic heterocycles. The van der Waals surface area contributed by atoms with Gasteiger partial charge in [0, 0.05) is 10.9 Å². The van der Waals surface area contributed by atoms with Crippen molar-refractivity contribution >= 4 is 21.4 Å². The number of aromatic nitrogens is 2. The zero-order valence-electron chi connectivity index (χ0n) is 8.84. The zero-order valence-corrected chi connectivity index (χ0v) is 9.66. The Kier molecular flexibility index (Phi) is 2.18. The number of nitrogens with zero attached hydrogens (tertiary/aromatic N) is 2. The molecule has 2 heterocycles. The lowest BCUT2D eigenvalue weighted by Gasteiger charge is -1.96. The van der Waals surface area contributed by atoms with Crippen molar-refractivity contribution in [3.63, 3.8) is 0 Å². The topological polar surface area (TPSA) is 25.8 Å². The molecule has 0 fully saturated rings. The van der Waals surface area contributed by atoms with Gasteiger partial charge >= 0.3 is 0 Å². The molecule has 0 amide bonds. The summed E-state index contributed by atoms with van der Waals surface area (Å²) < 4.78 is 1.31. The Balaban J connectivity index is 2.29. The normalized spacial score (nSPS) is 10.8. The molecule has 1 aromatic carbocycles. The molecule has 0 radical (unpaired) electrons. The number of aryl methyl sites for hydroxylation is 1. The van der Waals surface area contributed by atoms with Crippen molar-refractivity contribution in [3.05, 3.63) is 48.4 Å². The Hall–Kier alpha value is -1.74. The van der Waals surface area contributed by atoms with Gasteiger partial charge in [-0.25, -0.2) is 9.97 Å². The highest BCUT2D eigenvalue weighted by atomic mass is 32.1. The fourth-order valence-electron chi connectivity index (χ4n) is 1.84. The van der Waals surface area contributed by atoms with Crippen LogP contribution in [0.3, 0.4) is 0 Å². The first-order valence-corrected chi connectivity index (χ1v) is 5.92. The van der Waals surface area contributed by atoms with E-state index in [-0.39, 0.29) is 0 Å². The summed E-state index contributed by atoms with van der Waals surface area (Å²) >= 11 is 1.79. The maximum absolute atomic E-state index is 4.30. The van der Waals surface area contributed by atoms with Crippen LogP contribution in [0.5, 0.6) is 0 Å². The number of rotatable bonds is 1. The second-order valence-electron chi connectivity index (χ2n) is 3.65. The Morgan fingerprint density at radius 1 is 1.12 bits per heavy atom. The molecule has 78 valence electrons. The minimum atomic E-state index is 1.01. The molecule has 0 unspecified atom stereocenters. The van der Waals surface area contributed by atoms with E-state index in [9.17, 15) is 0 Å². The summed E-state index contributed by atoms with van der Waals surface area (Å²) in [7, 11) is 0. The van der Waals surface area contributed by atoms with E-state index >= 15 is 0 Å². The third-order valence-corrected chi connectivity index (χ3v) is 3.95. The van der Waals surface area contributed by atoms with Gasteiger partial charge in [-0.05, 0) is 30.0 Å². The van der Waals surface area contributed by atoms with Crippen LogP contribution in [0.4, 0.5) is 0 Å². The molecule has 3 heteroatoms. The first kappa shape index (κ1) is 9.48. The molecule has 0 aliphatic rings. The summed E-state index contributed by atoms with van der Waals surface area (Å²) in [5, 5.41) is 1.32. The van der Waals surface area contributed by atoms with Crippen LogP contribution in [-0.4, -0.2) is 9.97 Å². The number of fused-ring (bicyclic) bond motifs is 1. The van der Waals surface area contributed by atoms with Crippen molar-refractivity contribution in [1.29, 1.82) is 0 Å². The third-order valence-electron chi connectivity index (χ3n) is 2.66. The molecule has 0 saturated heterocycles. The summed E-state index contributed by atoms with van der Waals surface area (Å²) in [5.41, 5.74) is 2.31. The van der Waals surface area contributed by atoms with Gasteiger partial charge in [0.05, 0.1) is 10.6 Å². The van der Waals surface area contributed by atoms with Gasteiger partial charge in [-0.2, -0.15) is 0 Å². The lowest BCUT2D eigenvalue weighted by atomic mass is 10.1. The Labute approximate surface area is 97.6 Å². The van der Waals surface area contributed by atoms with E-state index in [0.29, 0.717) is 0 Å². The zero-order chi connectivity index (χ0) is 11.0. The van der Waals surface area contributed by atoms with Crippen molar-refractivity contribution in [3.8, 4) is 10.6 Å². The summed E-state index contributed by atoms with van der Waals surface area (Å²) in [6, 6.07) is 10.4. The molecule has 0 spiro atoms. The Morgan fingerprint density at radius 3 is 2.75 bits per heavy atom. The van der Waals surface area contributed by atoms with E-state index < -0.39 is 0 Å². The Morgan fingerprint density at radius 2 is 2.00 bits per heavy atom. The van der Waals surface area contributed by atoms with Crippen LogP contribution >= 0.6 is 11.3 Å². The van der Waals surface area contributed by atoms with Crippen LogP contribution in [0.25, 0.3) is 20.7 Å². The van der Waals surface area contributed by atoms with Gasteiger partial charge in [-0.15, -0.1) is 11.3 Å². The van der Waals surface area contributed by atoms with Crippen LogP contribution < -0.4 is 0 Å². The minimum Gasteiger partial charge on any atom is -0.245 e. The van der Waals surface area contributed by atoms with Gasteiger partial charge in [0.2, 0.25) is 0 Å². The smallest absolute Gasteiger partial charge is 0.116 e. The van der Waals surface area contributed by atoms with Crippen LogP contribution in [0, 0.1) is 6.92 Å². The molecule has 16 heavy (non-hydrogen) atoms. The molecule has 0 N–H and O–H groups in total. The fourth-order valence-corrected chi connectivity index (χ4v) is 3.03. The minimum absolute atomic E-state index is 1.01. The SMILES string of the molecule is Cc1c(-c2ccncn2)sc2ccccc12. The third kappa shape index (κ3) is 1.41. The largest absolute Gasteiger partial charge is 0.245 e. The first-order valence-electron chi connectivity index (χ1n) is 5.11. The fraction of sp³-hybridized carbons (Fsp3) is 0.0769. The molecule has 0 aliphatic heterocycles. The highest BCUT2D eigenvalue weighted by Crippen LogP contribution is 2.36. The second-order valence-corrected chi connectivity index (χ2v) is 4.70.